The second-order valence-corrected chi connectivity index (χ2v) is 6.77. The zero-order valence-corrected chi connectivity index (χ0v) is 12.8. The molecule has 2 aromatic rings. The van der Waals surface area contributed by atoms with Gasteiger partial charge in [0.1, 0.15) is 0 Å². The van der Waals surface area contributed by atoms with Crippen LogP contribution in [0.1, 0.15) is 17.4 Å². The van der Waals surface area contributed by atoms with Crippen LogP contribution in [0.25, 0.3) is 0 Å². The first kappa shape index (κ1) is 13.7. The number of likely N-dealkylation sites (N-methyl/N-ethyl adjacent to an activating group) is 1. The van der Waals surface area contributed by atoms with Crippen molar-refractivity contribution in [3.8, 4) is 0 Å². The van der Waals surface area contributed by atoms with Crippen molar-refractivity contribution in [3.63, 3.8) is 0 Å². The van der Waals surface area contributed by atoms with Crippen LogP contribution in [-0.2, 0) is 12.8 Å². The largest absolute Gasteiger partial charge is 0.314 e. The summed E-state index contributed by atoms with van der Waals surface area (Å²) >= 11 is 5.33. The van der Waals surface area contributed by atoms with Crippen LogP contribution in [0.15, 0.2) is 40.4 Å². The average molecular weight is 325 g/mol. The Labute approximate surface area is 121 Å². The molecule has 1 unspecified atom stereocenters. The van der Waals surface area contributed by atoms with Crippen LogP contribution in [0.5, 0.6) is 0 Å². The molecule has 1 N–H and O–H groups in total. The van der Waals surface area contributed by atoms with Gasteiger partial charge < -0.3 is 5.32 Å². The third kappa shape index (κ3) is 4.19. The van der Waals surface area contributed by atoms with Gasteiger partial charge in [-0.25, -0.2) is 0 Å². The summed E-state index contributed by atoms with van der Waals surface area (Å²) in [5.41, 5.74) is 1.34. The second kappa shape index (κ2) is 7.02. The third-order valence-corrected chi connectivity index (χ3v) is 4.45. The van der Waals surface area contributed by atoms with Gasteiger partial charge in [-0.1, -0.05) is 6.92 Å². The summed E-state index contributed by atoms with van der Waals surface area (Å²) in [5.74, 6) is 0. The summed E-state index contributed by atoms with van der Waals surface area (Å²) in [6.45, 7) is 3.16. The summed E-state index contributed by atoms with van der Waals surface area (Å²) in [6.07, 6.45) is 5.85. The first-order chi connectivity index (χ1) is 8.78. The van der Waals surface area contributed by atoms with Crippen LogP contribution < -0.4 is 5.32 Å². The minimum atomic E-state index is 0.489. The van der Waals surface area contributed by atoms with E-state index in [0.717, 1.165) is 19.4 Å². The molecule has 18 heavy (non-hydrogen) atoms. The SMILES string of the molecule is CCNC(Cc1ccncc1)Cc1ccc(Br)s1. The Bertz CT molecular complexity index is 470. The molecule has 0 saturated carbocycles. The van der Waals surface area contributed by atoms with Crippen LogP contribution in [0.3, 0.4) is 0 Å². The van der Waals surface area contributed by atoms with Gasteiger partial charge in [-0.2, -0.15) is 0 Å². The highest BCUT2D eigenvalue weighted by molar-refractivity contribution is 9.11. The second-order valence-electron chi connectivity index (χ2n) is 4.22. The molecular formula is C14H17BrN2S. The molecule has 4 heteroatoms. The molecule has 1 atom stereocenters. The summed E-state index contributed by atoms with van der Waals surface area (Å²) < 4.78 is 1.21. The van der Waals surface area contributed by atoms with Crippen molar-refractivity contribution in [3.05, 3.63) is 50.9 Å². The fourth-order valence-electron chi connectivity index (χ4n) is 2.01. The molecule has 0 amide bonds. The number of hydrogen-bond acceptors (Lipinski definition) is 3. The van der Waals surface area contributed by atoms with Crippen molar-refractivity contribution >= 4 is 27.3 Å². The molecule has 0 aliphatic rings. The Kier molecular flexibility index (Phi) is 5.35. The summed E-state index contributed by atoms with van der Waals surface area (Å²) in [6, 6.07) is 8.99. The van der Waals surface area contributed by atoms with E-state index in [2.05, 4.69) is 57.4 Å². The van der Waals surface area contributed by atoms with E-state index in [-0.39, 0.29) is 0 Å². The zero-order chi connectivity index (χ0) is 12.8. The Morgan fingerprint density at radius 1 is 1.22 bits per heavy atom. The van der Waals surface area contributed by atoms with Gasteiger partial charge in [-0.05, 0) is 65.1 Å². The Morgan fingerprint density at radius 2 is 2.00 bits per heavy atom. The molecule has 2 nitrogen and oxygen atoms in total. The number of thiophene rings is 1. The highest BCUT2D eigenvalue weighted by Crippen LogP contribution is 2.23. The molecule has 0 radical (unpaired) electrons. The highest BCUT2D eigenvalue weighted by atomic mass is 79.9. The molecule has 96 valence electrons. The van der Waals surface area contributed by atoms with E-state index in [1.165, 1.54) is 14.2 Å². The fourth-order valence-corrected chi connectivity index (χ4v) is 3.58. The number of halogens is 1. The topological polar surface area (TPSA) is 24.9 Å². The van der Waals surface area contributed by atoms with Crippen LogP contribution in [0.4, 0.5) is 0 Å². The van der Waals surface area contributed by atoms with Gasteiger partial charge in [0.15, 0.2) is 0 Å². The lowest BCUT2D eigenvalue weighted by atomic mass is 10.0. The van der Waals surface area contributed by atoms with Gasteiger partial charge in [-0.3, -0.25) is 4.98 Å². The van der Waals surface area contributed by atoms with E-state index in [1.807, 2.05) is 23.7 Å². The smallest absolute Gasteiger partial charge is 0.0701 e. The highest BCUT2D eigenvalue weighted by Gasteiger charge is 2.10. The maximum Gasteiger partial charge on any atom is 0.0701 e. The Morgan fingerprint density at radius 3 is 2.61 bits per heavy atom. The van der Waals surface area contributed by atoms with Crippen molar-refractivity contribution < 1.29 is 0 Å². The molecule has 2 aromatic heterocycles. The maximum absolute atomic E-state index is 4.06. The lowest BCUT2D eigenvalue weighted by Crippen LogP contribution is -2.32. The lowest BCUT2D eigenvalue weighted by Gasteiger charge is -2.17. The molecule has 0 saturated heterocycles. The van der Waals surface area contributed by atoms with Crippen molar-refractivity contribution in [2.75, 3.05) is 6.54 Å². The van der Waals surface area contributed by atoms with E-state index in [1.54, 1.807) is 0 Å². The van der Waals surface area contributed by atoms with Gasteiger partial charge >= 0.3 is 0 Å². The van der Waals surface area contributed by atoms with Gasteiger partial charge in [0.2, 0.25) is 0 Å². The van der Waals surface area contributed by atoms with E-state index in [4.69, 9.17) is 0 Å². The maximum atomic E-state index is 4.06. The molecule has 0 bridgehead atoms. The van der Waals surface area contributed by atoms with Crippen LogP contribution >= 0.6 is 27.3 Å². The van der Waals surface area contributed by atoms with Gasteiger partial charge in [0.25, 0.3) is 0 Å². The van der Waals surface area contributed by atoms with E-state index in [9.17, 15) is 0 Å². The quantitative estimate of drug-likeness (QED) is 0.876. The molecule has 0 aliphatic heterocycles. The first-order valence-corrected chi connectivity index (χ1v) is 7.75. The number of pyridine rings is 1. The predicted molar refractivity (Wildman–Crippen MR) is 81.1 cm³/mol. The fraction of sp³-hybridized carbons (Fsp3) is 0.357. The van der Waals surface area contributed by atoms with Crippen molar-refractivity contribution in [1.29, 1.82) is 0 Å². The van der Waals surface area contributed by atoms with Crippen molar-refractivity contribution in [2.24, 2.45) is 0 Å². The minimum Gasteiger partial charge on any atom is -0.314 e. The van der Waals surface area contributed by atoms with E-state index < -0.39 is 0 Å². The number of nitrogens with zero attached hydrogens (tertiary/aromatic N) is 1. The van der Waals surface area contributed by atoms with Crippen LogP contribution in [-0.4, -0.2) is 17.6 Å². The van der Waals surface area contributed by atoms with E-state index in [0.29, 0.717) is 6.04 Å². The van der Waals surface area contributed by atoms with Crippen molar-refractivity contribution in [1.82, 2.24) is 10.3 Å². The minimum absolute atomic E-state index is 0.489. The summed E-state index contributed by atoms with van der Waals surface area (Å²) in [7, 11) is 0. The monoisotopic (exact) mass is 324 g/mol. The molecule has 0 fully saturated rings. The van der Waals surface area contributed by atoms with Gasteiger partial charge in [0.05, 0.1) is 3.79 Å². The molecule has 2 rings (SSSR count). The van der Waals surface area contributed by atoms with E-state index >= 15 is 0 Å². The zero-order valence-electron chi connectivity index (χ0n) is 10.4. The predicted octanol–water partition coefficient (Wildman–Crippen LogP) is 3.67. The number of rotatable bonds is 6. The number of nitrogens with one attached hydrogen (secondary N) is 1. The van der Waals surface area contributed by atoms with Gasteiger partial charge in [0, 0.05) is 23.3 Å². The molecule has 2 heterocycles. The van der Waals surface area contributed by atoms with Crippen LogP contribution in [0, 0.1) is 0 Å². The molecule has 0 aromatic carbocycles. The summed E-state index contributed by atoms with van der Waals surface area (Å²) in [4.78, 5) is 5.48. The lowest BCUT2D eigenvalue weighted by molar-refractivity contribution is 0.524. The van der Waals surface area contributed by atoms with Crippen molar-refractivity contribution in [2.45, 2.75) is 25.8 Å². The molecular weight excluding hydrogens is 308 g/mol. The Balaban J connectivity index is 1.99. The molecule has 0 spiro atoms. The first-order valence-electron chi connectivity index (χ1n) is 6.14. The molecule has 0 aliphatic carbocycles. The third-order valence-electron chi connectivity index (χ3n) is 2.80. The number of aromatic nitrogens is 1. The van der Waals surface area contributed by atoms with Gasteiger partial charge in [-0.15, -0.1) is 11.3 Å². The Hall–Kier alpha value is -0.710. The van der Waals surface area contributed by atoms with Crippen LogP contribution in [0.2, 0.25) is 0 Å². The number of hydrogen-bond donors (Lipinski definition) is 1. The normalized spacial score (nSPS) is 12.6. The standard InChI is InChI=1S/C14H17BrN2S/c1-2-17-12(9-11-5-7-16-8-6-11)10-13-3-4-14(15)18-13/h3-8,12,17H,2,9-10H2,1H3. The summed E-state index contributed by atoms with van der Waals surface area (Å²) in [5, 5.41) is 3.56. The average Bonchev–Trinajstić information content (AvgIpc) is 2.76.